The molecule has 0 spiro atoms. The highest BCUT2D eigenvalue weighted by atomic mass is 32.2. The molecular formula is C17H21N5OS. The molecule has 0 unspecified atom stereocenters. The number of nitriles is 1. The van der Waals surface area contributed by atoms with Crippen LogP contribution >= 0.6 is 11.8 Å². The Bertz CT molecular complexity index is 717. The molecule has 24 heavy (non-hydrogen) atoms. The van der Waals surface area contributed by atoms with Crippen LogP contribution in [-0.4, -0.2) is 31.7 Å². The number of nitrogens with one attached hydrogen (secondary N) is 1. The summed E-state index contributed by atoms with van der Waals surface area (Å²) in [6.07, 6.45) is 1.59. The topological polar surface area (TPSA) is 83.6 Å². The third-order valence-corrected chi connectivity index (χ3v) is 4.86. The van der Waals surface area contributed by atoms with E-state index in [4.69, 9.17) is 5.26 Å². The molecule has 0 radical (unpaired) electrons. The number of carbonyl (C=O) groups is 1. The standard InChI is InChI=1S/C17H21N5OS/c1-4-24-15(12(2)3)16(23)20-17-19-11-22(21-17)10-14-7-5-13(9-18)6-8-14/h5-8,11-12,15H,4,10H2,1-3H3,(H,20,21,23)/t15-/m1/s1. The van der Waals surface area contributed by atoms with Crippen LogP contribution in [-0.2, 0) is 11.3 Å². The summed E-state index contributed by atoms with van der Waals surface area (Å²) in [5, 5.41) is 15.8. The molecule has 126 valence electrons. The molecule has 0 aliphatic carbocycles. The van der Waals surface area contributed by atoms with E-state index < -0.39 is 0 Å². The molecule has 1 heterocycles. The summed E-state index contributed by atoms with van der Waals surface area (Å²) in [6, 6.07) is 9.39. The van der Waals surface area contributed by atoms with Crippen molar-refractivity contribution in [2.45, 2.75) is 32.6 Å². The van der Waals surface area contributed by atoms with Crippen LogP contribution in [0.25, 0.3) is 0 Å². The van der Waals surface area contributed by atoms with E-state index in [0.717, 1.165) is 11.3 Å². The minimum atomic E-state index is -0.111. The van der Waals surface area contributed by atoms with Crippen molar-refractivity contribution in [2.75, 3.05) is 11.1 Å². The second kappa shape index (κ2) is 8.50. The van der Waals surface area contributed by atoms with Crippen molar-refractivity contribution in [2.24, 2.45) is 5.92 Å². The van der Waals surface area contributed by atoms with Gasteiger partial charge in [-0.1, -0.05) is 32.9 Å². The Morgan fingerprint density at radius 2 is 2.08 bits per heavy atom. The van der Waals surface area contributed by atoms with Crippen molar-refractivity contribution in [1.82, 2.24) is 14.8 Å². The summed E-state index contributed by atoms with van der Waals surface area (Å²) in [4.78, 5) is 16.5. The largest absolute Gasteiger partial charge is 0.292 e. The van der Waals surface area contributed by atoms with Crippen LogP contribution in [0.5, 0.6) is 0 Å². The molecule has 7 heteroatoms. The zero-order valence-corrected chi connectivity index (χ0v) is 14.9. The van der Waals surface area contributed by atoms with Gasteiger partial charge in [-0.05, 0) is 29.4 Å². The third-order valence-electron chi connectivity index (χ3n) is 3.41. The summed E-state index contributed by atoms with van der Waals surface area (Å²) in [6.45, 7) is 6.64. The SMILES string of the molecule is CCS[C@@H](C(=O)Nc1ncn(Cc2ccc(C#N)cc2)n1)C(C)C. The van der Waals surface area contributed by atoms with Gasteiger partial charge in [-0.15, -0.1) is 16.9 Å². The number of hydrogen-bond donors (Lipinski definition) is 1. The van der Waals surface area contributed by atoms with Crippen LogP contribution in [0.3, 0.4) is 0 Å². The summed E-state index contributed by atoms with van der Waals surface area (Å²) in [5.41, 5.74) is 1.64. The third kappa shape index (κ3) is 4.83. The minimum Gasteiger partial charge on any atom is -0.292 e. The molecule has 1 amide bonds. The molecule has 0 aliphatic heterocycles. The number of amides is 1. The molecule has 2 rings (SSSR count). The molecule has 0 fully saturated rings. The van der Waals surface area contributed by atoms with Crippen molar-refractivity contribution in [3.63, 3.8) is 0 Å². The van der Waals surface area contributed by atoms with Crippen LogP contribution in [0.2, 0.25) is 0 Å². The van der Waals surface area contributed by atoms with Gasteiger partial charge in [0.25, 0.3) is 0 Å². The monoisotopic (exact) mass is 343 g/mol. The van der Waals surface area contributed by atoms with Crippen LogP contribution in [0, 0.1) is 17.2 Å². The van der Waals surface area contributed by atoms with Gasteiger partial charge >= 0.3 is 0 Å². The Labute approximate surface area is 146 Å². The average molecular weight is 343 g/mol. The maximum atomic E-state index is 12.3. The van der Waals surface area contributed by atoms with Gasteiger partial charge in [-0.3, -0.25) is 10.1 Å². The normalized spacial score (nSPS) is 12.0. The second-order valence-electron chi connectivity index (χ2n) is 5.68. The van der Waals surface area contributed by atoms with Gasteiger partial charge in [0, 0.05) is 0 Å². The molecule has 2 aromatic rings. The lowest BCUT2D eigenvalue weighted by molar-refractivity contribution is -0.116. The average Bonchev–Trinajstić information content (AvgIpc) is 2.99. The molecule has 0 saturated carbocycles. The van der Waals surface area contributed by atoms with Crippen molar-refractivity contribution in [1.29, 1.82) is 5.26 Å². The predicted molar refractivity (Wildman–Crippen MR) is 95.7 cm³/mol. The number of carbonyl (C=O) groups excluding carboxylic acids is 1. The Kier molecular flexibility index (Phi) is 6.38. The first kappa shape index (κ1) is 18.0. The van der Waals surface area contributed by atoms with Crippen molar-refractivity contribution >= 4 is 23.6 Å². The van der Waals surface area contributed by atoms with Crippen LogP contribution in [0.1, 0.15) is 31.9 Å². The number of benzene rings is 1. The van der Waals surface area contributed by atoms with Gasteiger partial charge in [0.05, 0.1) is 23.4 Å². The van der Waals surface area contributed by atoms with Gasteiger partial charge in [0.2, 0.25) is 11.9 Å². The Morgan fingerprint density at radius 1 is 1.38 bits per heavy atom. The van der Waals surface area contributed by atoms with E-state index in [1.807, 2.05) is 32.9 Å². The summed E-state index contributed by atoms with van der Waals surface area (Å²) < 4.78 is 1.66. The van der Waals surface area contributed by atoms with E-state index in [-0.39, 0.29) is 17.1 Å². The first-order valence-electron chi connectivity index (χ1n) is 7.84. The first-order valence-corrected chi connectivity index (χ1v) is 8.89. The number of hydrogen-bond acceptors (Lipinski definition) is 5. The molecule has 6 nitrogen and oxygen atoms in total. The lowest BCUT2D eigenvalue weighted by Crippen LogP contribution is -2.30. The fourth-order valence-corrected chi connectivity index (χ4v) is 3.19. The van der Waals surface area contributed by atoms with Gasteiger partial charge in [0.1, 0.15) is 6.33 Å². The first-order chi connectivity index (χ1) is 11.5. The van der Waals surface area contributed by atoms with Gasteiger partial charge in [0.15, 0.2) is 0 Å². The number of anilines is 1. The Hall–Kier alpha value is -2.33. The van der Waals surface area contributed by atoms with E-state index >= 15 is 0 Å². The molecule has 1 atom stereocenters. The number of rotatable bonds is 7. The smallest absolute Gasteiger partial charge is 0.248 e. The Balaban J connectivity index is 1.99. The van der Waals surface area contributed by atoms with Crippen molar-refractivity contribution in [3.8, 4) is 6.07 Å². The molecule has 0 saturated heterocycles. The summed E-state index contributed by atoms with van der Waals surface area (Å²) in [5.74, 6) is 1.39. The van der Waals surface area contributed by atoms with E-state index in [0.29, 0.717) is 18.1 Å². The number of nitrogens with zero attached hydrogens (tertiary/aromatic N) is 4. The second-order valence-corrected chi connectivity index (χ2v) is 7.10. The highest BCUT2D eigenvalue weighted by Crippen LogP contribution is 2.20. The minimum absolute atomic E-state index is 0.0621. The zero-order chi connectivity index (χ0) is 17.5. The lowest BCUT2D eigenvalue weighted by atomic mass is 10.1. The van der Waals surface area contributed by atoms with Crippen LogP contribution in [0.4, 0.5) is 5.95 Å². The van der Waals surface area contributed by atoms with Gasteiger partial charge in [-0.2, -0.15) is 5.26 Å². The molecule has 1 aromatic heterocycles. The zero-order valence-electron chi connectivity index (χ0n) is 14.1. The molecule has 1 N–H and O–H groups in total. The highest BCUT2D eigenvalue weighted by Gasteiger charge is 2.23. The number of thioether (sulfide) groups is 1. The fraction of sp³-hybridized carbons (Fsp3) is 0.412. The lowest BCUT2D eigenvalue weighted by Gasteiger charge is -2.17. The maximum Gasteiger partial charge on any atom is 0.248 e. The maximum absolute atomic E-state index is 12.3. The van der Waals surface area contributed by atoms with E-state index in [9.17, 15) is 4.79 Å². The van der Waals surface area contributed by atoms with E-state index in [1.54, 1.807) is 34.9 Å². The van der Waals surface area contributed by atoms with Gasteiger partial charge < -0.3 is 0 Å². The summed E-state index contributed by atoms with van der Waals surface area (Å²) >= 11 is 1.62. The predicted octanol–water partition coefficient (Wildman–Crippen LogP) is 2.91. The molecule has 0 aliphatic rings. The van der Waals surface area contributed by atoms with Crippen LogP contribution < -0.4 is 5.32 Å². The molecular weight excluding hydrogens is 322 g/mol. The van der Waals surface area contributed by atoms with Gasteiger partial charge in [-0.25, -0.2) is 9.67 Å². The van der Waals surface area contributed by atoms with Crippen molar-refractivity contribution in [3.05, 3.63) is 41.7 Å². The summed E-state index contributed by atoms with van der Waals surface area (Å²) in [7, 11) is 0. The van der Waals surface area contributed by atoms with Crippen LogP contribution in [0.15, 0.2) is 30.6 Å². The van der Waals surface area contributed by atoms with Crippen molar-refractivity contribution < 1.29 is 4.79 Å². The number of aromatic nitrogens is 3. The fourth-order valence-electron chi connectivity index (χ4n) is 2.23. The Morgan fingerprint density at radius 3 is 2.67 bits per heavy atom. The van der Waals surface area contributed by atoms with E-state index in [1.165, 1.54) is 0 Å². The molecule has 0 bridgehead atoms. The molecule has 1 aromatic carbocycles. The quantitative estimate of drug-likeness (QED) is 0.835. The highest BCUT2D eigenvalue weighted by molar-refractivity contribution is 8.00. The van der Waals surface area contributed by atoms with E-state index in [2.05, 4.69) is 21.5 Å².